The van der Waals surface area contributed by atoms with Gasteiger partial charge in [-0.1, -0.05) is 0 Å². The Morgan fingerprint density at radius 3 is 1.92 bits per heavy atom. The first-order valence-corrected chi connectivity index (χ1v) is 10.8. The summed E-state index contributed by atoms with van der Waals surface area (Å²) in [6, 6.07) is 1.47. The zero-order valence-corrected chi connectivity index (χ0v) is 15.3. The zero-order valence-electron chi connectivity index (χ0n) is 15.3. The predicted octanol–water partition coefficient (Wildman–Crippen LogP) is 3.16. The summed E-state index contributed by atoms with van der Waals surface area (Å²) in [6.45, 7) is 0. The average Bonchev–Trinajstić information content (AvgIpc) is 3.44. The Morgan fingerprint density at radius 2 is 1.29 bits per heavy atom. The van der Waals surface area contributed by atoms with Crippen molar-refractivity contribution in [3.05, 3.63) is 0 Å². The molecule has 3 heteroatoms. The number of fused-ring (bicyclic) bond motifs is 5. The van der Waals surface area contributed by atoms with Crippen molar-refractivity contribution in [2.75, 3.05) is 0 Å². The van der Waals surface area contributed by atoms with Crippen molar-refractivity contribution < 1.29 is 0 Å². The van der Waals surface area contributed by atoms with Crippen molar-refractivity contribution in [2.24, 2.45) is 51.7 Å². The Hall–Kier alpha value is -0.120. The van der Waals surface area contributed by atoms with Gasteiger partial charge in [-0.2, -0.15) is 0 Å². The minimum Gasteiger partial charge on any atom is -0.328 e. The summed E-state index contributed by atoms with van der Waals surface area (Å²) >= 11 is 0. The quantitative estimate of drug-likeness (QED) is 0.727. The molecule has 4 atom stereocenters. The molecule has 0 aliphatic heterocycles. The molecule has 0 aromatic carbocycles. The maximum Gasteiger partial charge on any atom is 0.0104 e. The molecular weight excluding hydrogens is 294 g/mol. The predicted molar refractivity (Wildman–Crippen MR) is 98.2 cm³/mol. The summed E-state index contributed by atoms with van der Waals surface area (Å²) in [5.74, 6) is 3.85. The highest BCUT2D eigenvalue weighted by Gasteiger charge is 2.91. The smallest absolute Gasteiger partial charge is 0.0104 e. The van der Waals surface area contributed by atoms with Gasteiger partial charge < -0.3 is 17.2 Å². The standard InChI is InChI=1S/C21H37N3/c22-15-3-1-13(2-4-15)11-14-5-10-21(17(24)12-14)18-19(21)20(18)8-6-16(23)7-9-20/h13-19H,1-12,22-24H2. The lowest BCUT2D eigenvalue weighted by molar-refractivity contribution is 0.0555. The third-order valence-corrected chi connectivity index (χ3v) is 9.29. The molecule has 0 radical (unpaired) electrons. The molecule has 0 amide bonds. The molecule has 5 fully saturated rings. The van der Waals surface area contributed by atoms with Crippen molar-refractivity contribution in [2.45, 2.75) is 95.2 Å². The maximum atomic E-state index is 6.79. The van der Waals surface area contributed by atoms with Crippen LogP contribution in [0.3, 0.4) is 0 Å². The second kappa shape index (κ2) is 5.44. The van der Waals surface area contributed by atoms with Gasteiger partial charge in [0.15, 0.2) is 0 Å². The van der Waals surface area contributed by atoms with Gasteiger partial charge in [0, 0.05) is 18.1 Å². The van der Waals surface area contributed by atoms with Crippen molar-refractivity contribution in [3.63, 3.8) is 0 Å². The molecule has 5 aliphatic rings. The van der Waals surface area contributed by atoms with E-state index in [1.807, 2.05) is 0 Å². The van der Waals surface area contributed by atoms with Gasteiger partial charge in [0.1, 0.15) is 0 Å². The molecule has 24 heavy (non-hydrogen) atoms. The number of hydrogen-bond donors (Lipinski definition) is 3. The molecule has 136 valence electrons. The Bertz CT molecular complexity index is 475. The lowest BCUT2D eigenvalue weighted by atomic mass is 9.60. The largest absolute Gasteiger partial charge is 0.328 e. The monoisotopic (exact) mass is 331 g/mol. The van der Waals surface area contributed by atoms with Crippen molar-refractivity contribution in [1.82, 2.24) is 0 Å². The Balaban J connectivity index is 1.14. The SMILES string of the molecule is NC1CCC(CC2CCC3(C(N)C2)C2C3C23CCC(N)CC3)CC1. The zero-order chi connectivity index (χ0) is 16.5. The summed E-state index contributed by atoms with van der Waals surface area (Å²) < 4.78 is 0. The lowest BCUT2D eigenvalue weighted by Gasteiger charge is -2.46. The van der Waals surface area contributed by atoms with E-state index in [2.05, 4.69) is 0 Å². The molecule has 2 spiro atoms. The van der Waals surface area contributed by atoms with Crippen molar-refractivity contribution in [1.29, 1.82) is 0 Å². The fraction of sp³-hybridized carbons (Fsp3) is 1.00. The molecular formula is C21H37N3. The van der Waals surface area contributed by atoms with E-state index in [9.17, 15) is 0 Å². The van der Waals surface area contributed by atoms with Gasteiger partial charge in [-0.25, -0.2) is 0 Å². The van der Waals surface area contributed by atoms with Gasteiger partial charge in [-0.05, 0) is 112 Å². The summed E-state index contributed by atoms with van der Waals surface area (Å²) in [7, 11) is 0. The van der Waals surface area contributed by atoms with E-state index in [1.165, 1.54) is 77.0 Å². The fourth-order valence-electron chi connectivity index (χ4n) is 7.94. The summed E-state index contributed by atoms with van der Waals surface area (Å²) in [5, 5.41) is 0. The van der Waals surface area contributed by atoms with Gasteiger partial charge in [0.05, 0.1) is 0 Å². The summed E-state index contributed by atoms with van der Waals surface area (Å²) in [5.41, 5.74) is 20.3. The minimum atomic E-state index is 0.483. The number of hydrogen-bond acceptors (Lipinski definition) is 3. The molecule has 5 saturated carbocycles. The van der Waals surface area contributed by atoms with Crippen LogP contribution in [0.2, 0.25) is 0 Å². The highest BCUT2D eigenvalue weighted by molar-refractivity contribution is 5.39. The minimum absolute atomic E-state index is 0.483. The van der Waals surface area contributed by atoms with E-state index in [-0.39, 0.29) is 0 Å². The first kappa shape index (κ1) is 16.1. The first-order valence-electron chi connectivity index (χ1n) is 10.8. The van der Waals surface area contributed by atoms with E-state index in [0.717, 1.165) is 29.1 Å². The van der Waals surface area contributed by atoms with E-state index >= 15 is 0 Å². The summed E-state index contributed by atoms with van der Waals surface area (Å²) in [4.78, 5) is 0. The van der Waals surface area contributed by atoms with Crippen LogP contribution in [-0.2, 0) is 0 Å². The van der Waals surface area contributed by atoms with Crippen LogP contribution in [0.1, 0.15) is 77.0 Å². The molecule has 6 N–H and O–H groups in total. The Morgan fingerprint density at radius 1 is 0.667 bits per heavy atom. The van der Waals surface area contributed by atoms with Crippen LogP contribution in [0, 0.1) is 34.5 Å². The topological polar surface area (TPSA) is 78.1 Å². The van der Waals surface area contributed by atoms with Gasteiger partial charge >= 0.3 is 0 Å². The van der Waals surface area contributed by atoms with Crippen molar-refractivity contribution in [3.8, 4) is 0 Å². The maximum absolute atomic E-state index is 6.79. The van der Waals surface area contributed by atoms with Crippen LogP contribution in [-0.4, -0.2) is 18.1 Å². The van der Waals surface area contributed by atoms with Crippen LogP contribution in [0.15, 0.2) is 0 Å². The van der Waals surface area contributed by atoms with Crippen LogP contribution >= 0.6 is 0 Å². The molecule has 0 aromatic heterocycles. The van der Waals surface area contributed by atoms with Crippen LogP contribution < -0.4 is 17.2 Å². The third kappa shape index (κ3) is 2.20. The lowest BCUT2D eigenvalue weighted by Crippen LogP contribution is -2.48. The molecule has 0 aromatic rings. The molecule has 4 unspecified atom stereocenters. The van der Waals surface area contributed by atoms with E-state index in [1.54, 1.807) is 0 Å². The molecule has 0 saturated heterocycles. The van der Waals surface area contributed by atoms with Gasteiger partial charge in [-0.15, -0.1) is 0 Å². The van der Waals surface area contributed by atoms with Crippen LogP contribution in [0.5, 0.6) is 0 Å². The summed E-state index contributed by atoms with van der Waals surface area (Å²) in [6.07, 6.45) is 16.2. The highest BCUT2D eigenvalue weighted by atomic mass is 15.0. The average molecular weight is 332 g/mol. The van der Waals surface area contributed by atoms with E-state index in [0.29, 0.717) is 23.5 Å². The van der Waals surface area contributed by atoms with Gasteiger partial charge in [-0.3, -0.25) is 0 Å². The normalized spacial score (nSPS) is 59.4. The fourth-order valence-corrected chi connectivity index (χ4v) is 7.94. The highest BCUT2D eigenvalue weighted by Crippen LogP contribution is 2.94. The van der Waals surface area contributed by atoms with Crippen LogP contribution in [0.4, 0.5) is 0 Å². The first-order chi connectivity index (χ1) is 11.6. The van der Waals surface area contributed by atoms with E-state index in [4.69, 9.17) is 17.2 Å². The van der Waals surface area contributed by atoms with Gasteiger partial charge in [0.25, 0.3) is 0 Å². The third-order valence-electron chi connectivity index (χ3n) is 9.29. The van der Waals surface area contributed by atoms with Crippen LogP contribution in [0.25, 0.3) is 0 Å². The van der Waals surface area contributed by atoms with E-state index < -0.39 is 0 Å². The molecule has 5 aliphatic carbocycles. The molecule has 0 bridgehead atoms. The Kier molecular flexibility index (Phi) is 3.64. The van der Waals surface area contributed by atoms with Crippen molar-refractivity contribution >= 4 is 0 Å². The second-order valence-electron chi connectivity index (χ2n) is 10.4. The number of nitrogens with two attached hydrogens (primary N) is 3. The van der Waals surface area contributed by atoms with Gasteiger partial charge in [0.2, 0.25) is 0 Å². The Labute approximate surface area is 147 Å². The molecule has 3 nitrogen and oxygen atoms in total. The second-order valence-corrected chi connectivity index (χ2v) is 10.4. The molecule has 5 rings (SSSR count). The molecule has 0 heterocycles. The number of rotatable bonds is 2.